The maximum atomic E-state index is 13.2. The van der Waals surface area contributed by atoms with Crippen LogP contribution < -0.4 is 16.4 Å². The van der Waals surface area contributed by atoms with Crippen molar-refractivity contribution in [2.45, 2.75) is 84.0 Å². The molecule has 1 saturated heterocycles. The normalized spacial score (nSPS) is 20.7. The third-order valence-corrected chi connectivity index (χ3v) is 7.05. The molecule has 1 rings (SSSR count). The molecule has 1 aliphatic heterocycles. The molecule has 9 nitrogen and oxygen atoms in total. The molecule has 184 valence electrons. The molecule has 0 aromatic carbocycles. The molecule has 6 unspecified atom stereocenters. The Labute approximate surface area is 195 Å². The van der Waals surface area contributed by atoms with E-state index in [2.05, 4.69) is 10.6 Å². The number of thioether (sulfide) groups is 1. The standard InChI is InChI=1S/C22H40N4O5S/c1-6-13(3)17(23)20(28)24-15(10-12-32-5)19(27)25-18(14(4)7-2)21(29)26-11-8-9-16(26)22(30)31/h13-18H,6-12,23H2,1-5H3,(H,24,28)(H,25,27)(H,30,31). The Morgan fingerprint density at radius 1 is 1.09 bits per heavy atom. The number of carboxylic acid groups (broad SMARTS) is 1. The summed E-state index contributed by atoms with van der Waals surface area (Å²) < 4.78 is 0. The summed E-state index contributed by atoms with van der Waals surface area (Å²) in [6, 6.07) is -3.27. The van der Waals surface area contributed by atoms with Crippen LogP contribution in [0.5, 0.6) is 0 Å². The van der Waals surface area contributed by atoms with Gasteiger partial charge in [-0.05, 0) is 43.1 Å². The number of likely N-dealkylation sites (tertiary alicyclic amines) is 1. The number of nitrogens with zero attached hydrogens (tertiary/aromatic N) is 1. The van der Waals surface area contributed by atoms with Gasteiger partial charge in [-0.25, -0.2) is 4.79 Å². The van der Waals surface area contributed by atoms with E-state index in [9.17, 15) is 24.3 Å². The number of hydrogen-bond acceptors (Lipinski definition) is 6. The first kappa shape index (κ1) is 28.2. The summed E-state index contributed by atoms with van der Waals surface area (Å²) in [7, 11) is 0. The zero-order valence-electron chi connectivity index (χ0n) is 19.9. The van der Waals surface area contributed by atoms with Gasteiger partial charge in [-0.2, -0.15) is 11.8 Å². The van der Waals surface area contributed by atoms with Gasteiger partial charge in [0.05, 0.1) is 6.04 Å². The second-order valence-electron chi connectivity index (χ2n) is 8.65. The number of carboxylic acids is 1. The van der Waals surface area contributed by atoms with Gasteiger partial charge in [0, 0.05) is 6.54 Å². The summed E-state index contributed by atoms with van der Waals surface area (Å²) >= 11 is 1.55. The van der Waals surface area contributed by atoms with Crippen molar-refractivity contribution in [1.29, 1.82) is 0 Å². The van der Waals surface area contributed by atoms with Gasteiger partial charge in [0.2, 0.25) is 17.7 Å². The van der Waals surface area contributed by atoms with E-state index in [1.54, 1.807) is 11.8 Å². The molecule has 0 bridgehead atoms. The fourth-order valence-electron chi connectivity index (χ4n) is 3.69. The van der Waals surface area contributed by atoms with Gasteiger partial charge in [0.25, 0.3) is 0 Å². The third kappa shape index (κ3) is 7.65. The number of rotatable bonds is 13. The minimum absolute atomic E-state index is 0.0307. The van der Waals surface area contributed by atoms with E-state index in [1.807, 2.05) is 34.0 Å². The van der Waals surface area contributed by atoms with E-state index in [0.29, 0.717) is 38.0 Å². The molecule has 6 atom stereocenters. The van der Waals surface area contributed by atoms with Crippen molar-refractivity contribution >= 4 is 35.5 Å². The number of nitrogens with two attached hydrogens (primary N) is 1. The molecule has 1 heterocycles. The topological polar surface area (TPSA) is 142 Å². The fourth-order valence-corrected chi connectivity index (χ4v) is 4.16. The molecule has 32 heavy (non-hydrogen) atoms. The highest BCUT2D eigenvalue weighted by Gasteiger charge is 2.40. The highest BCUT2D eigenvalue weighted by atomic mass is 32.2. The average molecular weight is 473 g/mol. The average Bonchev–Trinajstić information content (AvgIpc) is 3.28. The zero-order chi connectivity index (χ0) is 24.4. The van der Waals surface area contributed by atoms with Gasteiger partial charge in [0.1, 0.15) is 18.1 Å². The molecule has 3 amide bonds. The Hall–Kier alpha value is -1.81. The second-order valence-corrected chi connectivity index (χ2v) is 9.64. The van der Waals surface area contributed by atoms with Crippen molar-refractivity contribution in [2.75, 3.05) is 18.6 Å². The molecule has 5 N–H and O–H groups in total. The van der Waals surface area contributed by atoms with Crippen molar-refractivity contribution in [2.24, 2.45) is 17.6 Å². The van der Waals surface area contributed by atoms with E-state index in [-0.39, 0.29) is 17.7 Å². The predicted molar refractivity (Wildman–Crippen MR) is 126 cm³/mol. The number of amides is 3. The van der Waals surface area contributed by atoms with Gasteiger partial charge >= 0.3 is 5.97 Å². The van der Waals surface area contributed by atoms with E-state index in [4.69, 9.17) is 5.73 Å². The Morgan fingerprint density at radius 3 is 2.25 bits per heavy atom. The number of carbonyl (C=O) groups is 4. The van der Waals surface area contributed by atoms with Crippen LogP contribution in [0.25, 0.3) is 0 Å². The number of aliphatic carboxylic acids is 1. The molecule has 0 aromatic heterocycles. The highest BCUT2D eigenvalue weighted by Crippen LogP contribution is 2.21. The van der Waals surface area contributed by atoms with Gasteiger partial charge in [-0.15, -0.1) is 0 Å². The monoisotopic (exact) mass is 472 g/mol. The lowest BCUT2D eigenvalue weighted by atomic mass is 9.96. The van der Waals surface area contributed by atoms with Crippen molar-refractivity contribution in [1.82, 2.24) is 15.5 Å². The van der Waals surface area contributed by atoms with Crippen LogP contribution in [0.1, 0.15) is 59.8 Å². The lowest BCUT2D eigenvalue weighted by molar-refractivity contribution is -0.150. The Kier molecular flexibility index (Phi) is 12.1. The zero-order valence-corrected chi connectivity index (χ0v) is 20.7. The molecule has 1 aliphatic rings. The van der Waals surface area contributed by atoms with Crippen molar-refractivity contribution in [3.05, 3.63) is 0 Å². The van der Waals surface area contributed by atoms with Crippen molar-refractivity contribution in [3.63, 3.8) is 0 Å². The lowest BCUT2D eigenvalue weighted by Gasteiger charge is -2.31. The molecular formula is C22H40N4O5S. The Morgan fingerprint density at radius 2 is 1.72 bits per heavy atom. The maximum absolute atomic E-state index is 13.2. The van der Waals surface area contributed by atoms with Crippen LogP contribution in [0, 0.1) is 11.8 Å². The first-order valence-electron chi connectivity index (χ1n) is 11.5. The number of carbonyl (C=O) groups excluding carboxylic acids is 3. The summed E-state index contributed by atoms with van der Waals surface area (Å²) in [6.45, 7) is 7.94. The maximum Gasteiger partial charge on any atom is 0.326 e. The summed E-state index contributed by atoms with van der Waals surface area (Å²) in [4.78, 5) is 51.9. The van der Waals surface area contributed by atoms with Crippen LogP contribution in [0.2, 0.25) is 0 Å². The summed E-state index contributed by atoms with van der Waals surface area (Å²) in [6.07, 6.45) is 4.69. The summed E-state index contributed by atoms with van der Waals surface area (Å²) in [5.74, 6) is -1.84. The molecule has 10 heteroatoms. The van der Waals surface area contributed by atoms with Crippen molar-refractivity contribution in [3.8, 4) is 0 Å². The quantitative estimate of drug-likeness (QED) is 0.315. The van der Waals surface area contributed by atoms with Crippen LogP contribution >= 0.6 is 11.8 Å². The van der Waals surface area contributed by atoms with Gasteiger partial charge in [-0.3, -0.25) is 14.4 Å². The fraction of sp³-hybridized carbons (Fsp3) is 0.818. The predicted octanol–water partition coefficient (Wildman–Crippen LogP) is 1.20. The minimum Gasteiger partial charge on any atom is -0.480 e. The SMILES string of the molecule is CCC(C)C(N)C(=O)NC(CCSC)C(=O)NC(C(=O)N1CCCC1C(=O)O)C(C)CC. The van der Waals surface area contributed by atoms with Crippen LogP contribution in [-0.2, 0) is 19.2 Å². The first-order valence-corrected chi connectivity index (χ1v) is 12.9. The second kappa shape index (κ2) is 13.7. The van der Waals surface area contributed by atoms with Gasteiger partial charge in [-0.1, -0.05) is 40.5 Å². The number of nitrogens with one attached hydrogen (secondary N) is 2. The molecule has 0 aliphatic carbocycles. The van der Waals surface area contributed by atoms with Crippen LogP contribution in [-0.4, -0.2) is 76.4 Å². The van der Waals surface area contributed by atoms with Crippen LogP contribution in [0.15, 0.2) is 0 Å². The van der Waals surface area contributed by atoms with E-state index in [1.165, 1.54) is 4.90 Å². The highest BCUT2D eigenvalue weighted by molar-refractivity contribution is 7.98. The number of hydrogen-bond donors (Lipinski definition) is 4. The molecule has 0 aromatic rings. The third-order valence-electron chi connectivity index (χ3n) is 6.40. The Bertz CT molecular complexity index is 662. The molecule has 0 saturated carbocycles. The summed E-state index contributed by atoms with van der Waals surface area (Å²) in [5, 5.41) is 15.0. The smallest absolute Gasteiger partial charge is 0.326 e. The lowest BCUT2D eigenvalue weighted by Crippen LogP contribution is -2.59. The van der Waals surface area contributed by atoms with E-state index < -0.39 is 42.0 Å². The largest absolute Gasteiger partial charge is 0.480 e. The molecule has 0 radical (unpaired) electrons. The van der Waals surface area contributed by atoms with Crippen LogP contribution in [0.3, 0.4) is 0 Å². The molecular weight excluding hydrogens is 432 g/mol. The Balaban J connectivity index is 3.01. The molecule has 0 spiro atoms. The van der Waals surface area contributed by atoms with Crippen molar-refractivity contribution < 1.29 is 24.3 Å². The molecule has 1 fully saturated rings. The minimum atomic E-state index is -1.03. The van der Waals surface area contributed by atoms with E-state index >= 15 is 0 Å². The van der Waals surface area contributed by atoms with Gasteiger partial charge in [0.15, 0.2) is 0 Å². The summed E-state index contributed by atoms with van der Waals surface area (Å²) in [5.41, 5.74) is 6.03. The van der Waals surface area contributed by atoms with Crippen LogP contribution in [0.4, 0.5) is 0 Å². The van der Waals surface area contributed by atoms with E-state index in [0.717, 1.165) is 6.42 Å². The van der Waals surface area contributed by atoms with Gasteiger partial charge < -0.3 is 26.4 Å². The first-order chi connectivity index (χ1) is 15.1.